The van der Waals surface area contributed by atoms with Crippen LogP contribution >= 0.6 is 0 Å². The average Bonchev–Trinajstić information content (AvgIpc) is 3.30. The SMILES string of the molecule is CC/C=C\C/C=C\C/C=C\CCCCCCCCCC(=O)OCC(COC(=O)CCCCCCCCCCCCCCCCC)OC(=O)CCCCCCCCCCCCCCCCC. The predicted molar refractivity (Wildman–Crippen MR) is 279 cm³/mol. The van der Waals surface area contributed by atoms with Crippen molar-refractivity contribution in [2.24, 2.45) is 0 Å². The van der Waals surface area contributed by atoms with E-state index in [0.717, 1.165) is 83.5 Å². The molecule has 0 aliphatic heterocycles. The van der Waals surface area contributed by atoms with Gasteiger partial charge in [-0.15, -0.1) is 0 Å². The second-order valence-electron chi connectivity index (χ2n) is 19.2. The van der Waals surface area contributed by atoms with Crippen molar-refractivity contribution in [2.45, 2.75) is 309 Å². The van der Waals surface area contributed by atoms with Crippen LogP contribution in [0.4, 0.5) is 0 Å². The lowest BCUT2D eigenvalue weighted by atomic mass is 10.0. The molecule has 0 N–H and O–H groups in total. The molecule has 0 rings (SSSR count). The molecule has 0 aliphatic carbocycles. The first kappa shape index (κ1) is 62.6. The Labute approximate surface area is 404 Å². The van der Waals surface area contributed by atoms with E-state index in [-0.39, 0.29) is 31.1 Å². The highest BCUT2D eigenvalue weighted by molar-refractivity contribution is 5.71. The summed E-state index contributed by atoms with van der Waals surface area (Å²) in [5.41, 5.74) is 0. The van der Waals surface area contributed by atoms with E-state index in [4.69, 9.17) is 14.2 Å². The third-order valence-corrected chi connectivity index (χ3v) is 12.7. The lowest BCUT2D eigenvalue weighted by Gasteiger charge is -2.18. The molecular weight excluding hydrogens is 805 g/mol. The number of carbonyl (C=O) groups excluding carboxylic acids is 3. The van der Waals surface area contributed by atoms with Gasteiger partial charge < -0.3 is 14.2 Å². The molecule has 6 heteroatoms. The molecule has 0 aromatic carbocycles. The molecule has 6 nitrogen and oxygen atoms in total. The third kappa shape index (κ3) is 52.5. The van der Waals surface area contributed by atoms with E-state index in [9.17, 15) is 14.4 Å². The number of carbonyl (C=O) groups is 3. The lowest BCUT2D eigenvalue weighted by Crippen LogP contribution is -2.30. The standard InChI is InChI=1S/C59H108O6/c1-4-7-10-13-16-19-22-25-28-29-32-34-37-40-43-46-49-52-58(61)64-55-56(65-59(62)53-50-47-44-41-38-35-31-27-24-21-18-15-12-9-6-3)54-63-57(60)51-48-45-42-39-36-33-30-26-23-20-17-14-11-8-5-2/h7,10,16,19,25,28,56H,4-6,8-9,11-15,17-18,20-24,26-27,29-55H2,1-3H3/b10-7-,19-16-,28-25-. The minimum Gasteiger partial charge on any atom is -0.462 e. The highest BCUT2D eigenvalue weighted by atomic mass is 16.6. The van der Waals surface area contributed by atoms with Crippen LogP contribution in [0.1, 0.15) is 303 Å². The summed E-state index contributed by atoms with van der Waals surface area (Å²) in [6.45, 7) is 6.57. The van der Waals surface area contributed by atoms with Gasteiger partial charge in [-0.1, -0.05) is 269 Å². The van der Waals surface area contributed by atoms with Gasteiger partial charge in [0.05, 0.1) is 0 Å². The summed E-state index contributed by atoms with van der Waals surface area (Å²) in [4.78, 5) is 38.1. The van der Waals surface area contributed by atoms with E-state index >= 15 is 0 Å². The summed E-state index contributed by atoms with van der Waals surface area (Å²) in [6, 6.07) is 0. The fourth-order valence-corrected chi connectivity index (χ4v) is 8.40. The number of unbranched alkanes of at least 4 members (excludes halogenated alkanes) is 35. The van der Waals surface area contributed by atoms with Crippen LogP contribution in [0.15, 0.2) is 36.5 Å². The zero-order valence-corrected chi connectivity index (χ0v) is 43.5. The first-order valence-corrected chi connectivity index (χ1v) is 28.5. The normalized spacial score (nSPS) is 12.2. The monoisotopic (exact) mass is 913 g/mol. The number of allylic oxidation sites excluding steroid dienone is 6. The summed E-state index contributed by atoms with van der Waals surface area (Å²) in [7, 11) is 0. The van der Waals surface area contributed by atoms with Crippen LogP contribution in [0.3, 0.4) is 0 Å². The molecule has 0 fully saturated rings. The molecular formula is C59H108O6. The van der Waals surface area contributed by atoms with E-state index in [1.165, 1.54) is 180 Å². The Kier molecular flexibility index (Phi) is 52.3. The summed E-state index contributed by atoms with van der Waals surface area (Å²) in [5, 5.41) is 0. The highest BCUT2D eigenvalue weighted by Gasteiger charge is 2.19. The molecule has 0 heterocycles. The molecule has 65 heavy (non-hydrogen) atoms. The van der Waals surface area contributed by atoms with Crippen molar-refractivity contribution in [3.63, 3.8) is 0 Å². The van der Waals surface area contributed by atoms with Gasteiger partial charge in [-0.2, -0.15) is 0 Å². The van der Waals surface area contributed by atoms with Gasteiger partial charge in [-0.3, -0.25) is 14.4 Å². The molecule has 0 aromatic heterocycles. The molecule has 0 aromatic rings. The predicted octanol–water partition coefficient (Wildman–Crippen LogP) is 18.9. The van der Waals surface area contributed by atoms with Gasteiger partial charge in [0, 0.05) is 19.3 Å². The maximum atomic E-state index is 12.8. The Morgan fingerprint density at radius 3 is 0.938 bits per heavy atom. The summed E-state index contributed by atoms with van der Waals surface area (Å²) in [6.07, 6.45) is 64.1. The van der Waals surface area contributed by atoms with Crippen molar-refractivity contribution in [3.8, 4) is 0 Å². The summed E-state index contributed by atoms with van der Waals surface area (Å²) >= 11 is 0. The van der Waals surface area contributed by atoms with E-state index < -0.39 is 6.10 Å². The molecule has 0 bridgehead atoms. The second-order valence-corrected chi connectivity index (χ2v) is 19.2. The average molecular weight is 914 g/mol. The largest absolute Gasteiger partial charge is 0.462 e. The lowest BCUT2D eigenvalue weighted by molar-refractivity contribution is -0.167. The molecule has 0 radical (unpaired) electrons. The summed E-state index contributed by atoms with van der Waals surface area (Å²) in [5.74, 6) is -0.861. The maximum absolute atomic E-state index is 12.8. The number of esters is 3. The molecule has 1 atom stereocenters. The van der Waals surface area contributed by atoms with Crippen molar-refractivity contribution >= 4 is 17.9 Å². The van der Waals surface area contributed by atoms with Crippen molar-refractivity contribution in [1.29, 1.82) is 0 Å². The number of hydrogen-bond donors (Lipinski definition) is 0. The van der Waals surface area contributed by atoms with Crippen molar-refractivity contribution < 1.29 is 28.6 Å². The minimum atomic E-state index is -0.771. The topological polar surface area (TPSA) is 78.9 Å². The Bertz CT molecular complexity index is 1090. The van der Waals surface area contributed by atoms with Gasteiger partial charge in [0.1, 0.15) is 13.2 Å². The fraction of sp³-hybridized carbons (Fsp3) is 0.847. The first-order chi connectivity index (χ1) is 32.0. The highest BCUT2D eigenvalue weighted by Crippen LogP contribution is 2.17. The van der Waals surface area contributed by atoms with Gasteiger partial charge in [0.2, 0.25) is 0 Å². The second kappa shape index (κ2) is 54.2. The van der Waals surface area contributed by atoms with E-state index in [1.807, 2.05) is 0 Å². The zero-order chi connectivity index (χ0) is 47.2. The van der Waals surface area contributed by atoms with E-state index in [0.29, 0.717) is 19.3 Å². The number of hydrogen-bond acceptors (Lipinski definition) is 6. The number of ether oxygens (including phenoxy) is 3. The summed E-state index contributed by atoms with van der Waals surface area (Å²) < 4.78 is 16.9. The van der Waals surface area contributed by atoms with Crippen LogP contribution in [0.25, 0.3) is 0 Å². The third-order valence-electron chi connectivity index (χ3n) is 12.7. The van der Waals surface area contributed by atoms with Crippen LogP contribution in [0.2, 0.25) is 0 Å². The smallest absolute Gasteiger partial charge is 0.306 e. The van der Waals surface area contributed by atoms with Crippen LogP contribution in [-0.2, 0) is 28.6 Å². The first-order valence-electron chi connectivity index (χ1n) is 28.5. The van der Waals surface area contributed by atoms with Crippen molar-refractivity contribution in [1.82, 2.24) is 0 Å². The van der Waals surface area contributed by atoms with Gasteiger partial charge >= 0.3 is 17.9 Å². The van der Waals surface area contributed by atoms with Gasteiger partial charge in [-0.05, 0) is 51.4 Å². The number of rotatable bonds is 52. The Morgan fingerprint density at radius 1 is 0.323 bits per heavy atom. The molecule has 0 aliphatic rings. The van der Waals surface area contributed by atoms with E-state index in [2.05, 4.69) is 57.2 Å². The zero-order valence-electron chi connectivity index (χ0n) is 43.5. The Morgan fingerprint density at radius 2 is 0.600 bits per heavy atom. The quantitative estimate of drug-likeness (QED) is 0.0262. The molecule has 0 saturated heterocycles. The van der Waals surface area contributed by atoms with Crippen molar-refractivity contribution in [3.05, 3.63) is 36.5 Å². The minimum absolute atomic E-state index is 0.0702. The Hall–Kier alpha value is -2.37. The molecule has 0 spiro atoms. The molecule has 0 saturated carbocycles. The Balaban J connectivity index is 4.34. The molecule has 0 amide bonds. The van der Waals surface area contributed by atoms with Crippen LogP contribution in [0.5, 0.6) is 0 Å². The molecule has 380 valence electrons. The van der Waals surface area contributed by atoms with Crippen LogP contribution < -0.4 is 0 Å². The molecule has 1 unspecified atom stereocenters. The van der Waals surface area contributed by atoms with Crippen LogP contribution in [0, 0.1) is 0 Å². The van der Waals surface area contributed by atoms with Gasteiger partial charge in [0.15, 0.2) is 6.10 Å². The fourth-order valence-electron chi connectivity index (χ4n) is 8.40. The maximum Gasteiger partial charge on any atom is 0.306 e. The van der Waals surface area contributed by atoms with Crippen LogP contribution in [-0.4, -0.2) is 37.2 Å². The van der Waals surface area contributed by atoms with Crippen molar-refractivity contribution in [2.75, 3.05) is 13.2 Å². The van der Waals surface area contributed by atoms with Gasteiger partial charge in [-0.25, -0.2) is 0 Å². The van der Waals surface area contributed by atoms with Gasteiger partial charge in [0.25, 0.3) is 0 Å². The van der Waals surface area contributed by atoms with E-state index in [1.54, 1.807) is 0 Å².